The van der Waals surface area contributed by atoms with Crippen LogP contribution in [0.15, 0.2) is 41.1 Å². The van der Waals surface area contributed by atoms with Gasteiger partial charge >= 0.3 is 0 Å². The van der Waals surface area contributed by atoms with Crippen LogP contribution in [-0.2, 0) is 12.8 Å². The van der Waals surface area contributed by atoms with Crippen molar-refractivity contribution in [3.63, 3.8) is 0 Å². The van der Waals surface area contributed by atoms with Crippen molar-refractivity contribution in [3.05, 3.63) is 52.2 Å². The van der Waals surface area contributed by atoms with E-state index in [0.717, 1.165) is 31.7 Å². The van der Waals surface area contributed by atoms with Crippen LogP contribution in [0.5, 0.6) is 5.75 Å². The normalized spacial score (nSPS) is 12.3. The fraction of sp³-hybridized carbons (Fsp3) is 0.412. The smallest absolute Gasteiger partial charge is 0.122 e. The number of nitrogens with one attached hydrogen (secondary N) is 1. The van der Waals surface area contributed by atoms with Gasteiger partial charge in [-0.3, -0.25) is 0 Å². The Balaban J connectivity index is 2.06. The van der Waals surface area contributed by atoms with Crippen LogP contribution in [0, 0.1) is 5.92 Å². The molecule has 108 valence electrons. The third-order valence-electron chi connectivity index (χ3n) is 3.49. The molecule has 0 saturated carbocycles. The minimum absolute atomic E-state index is 0.598. The third-order valence-corrected chi connectivity index (χ3v) is 4.22. The first kappa shape index (κ1) is 15.1. The van der Waals surface area contributed by atoms with Crippen LogP contribution in [0.2, 0.25) is 0 Å². The number of hydrogen-bond donors (Lipinski definition) is 1. The number of rotatable bonds is 8. The van der Waals surface area contributed by atoms with Crippen LogP contribution in [0.4, 0.5) is 0 Å². The van der Waals surface area contributed by atoms with E-state index in [4.69, 9.17) is 4.74 Å². The second-order valence-electron chi connectivity index (χ2n) is 5.03. The first-order valence-electron chi connectivity index (χ1n) is 7.17. The molecule has 1 aromatic heterocycles. The molecule has 20 heavy (non-hydrogen) atoms. The van der Waals surface area contributed by atoms with Gasteiger partial charge in [0.25, 0.3) is 0 Å². The Bertz CT molecular complexity index is 495. The van der Waals surface area contributed by atoms with E-state index in [2.05, 4.69) is 41.2 Å². The van der Waals surface area contributed by atoms with Gasteiger partial charge in [0.2, 0.25) is 0 Å². The summed E-state index contributed by atoms with van der Waals surface area (Å²) in [6.07, 6.45) is 2.17. The number of thiophene rings is 1. The van der Waals surface area contributed by atoms with Gasteiger partial charge in [-0.2, -0.15) is 11.3 Å². The summed E-state index contributed by atoms with van der Waals surface area (Å²) in [6, 6.07) is 10.6. The Labute approximate surface area is 125 Å². The van der Waals surface area contributed by atoms with Crippen molar-refractivity contribution in [1.29, 1.82) is 0 Å². The quantitative estimate of drug-likeness (QED) is 0.799. The highest BCUT2D eigenvalue weighted by atomic mass is 32.1. The molecule has 0 aliphatic heterocycles. The molecule has 0 spiro atoms. The average Bonchev–Trinajstić information content (AvgIpc) is 2.98. The number of methoxy groups -OCH3 is 1. The summed E-state index contributed by atoms with van der Waals surface area (Å²) in [7, 11) is 1.75. The topological polar surface area (TPSA) is 21.3 Å². The maximum atomic E-state index is 5.47. The van der Waals surface area contributed by atoms with Crippen molar-refractivity contribution >= 4 is 11.3 Å². The zero-order chi connectivity index (χ0) is 14.2. The van der Waals surface area contributed by atoms with Gasteiger partial charge in [0, 0.05) is 0 Å². The van der Waals surface area contributed by atoms with Gasteiger partial charge < -0.3 is 10.1 Å². The summed E-state index contributed by atoms with van der Waals surface area (Å²) in [5.74, 6) is 1.60. The minimum atomic E-state index is 0.598. The third kappa shape index (κ3) is 4.36. The second-order valence-corrected chi connectivity index (χ2v) is 5.81. The highest BCUT2D eigenvalue weighted by molar-refractivity contribution is 7.07. The molecule has 0 aliphatic rings. The number of ether oxygens (including phenoxy) is 1. The average molecular weight is 289 g/mol. The van der Waals surface area contributed by atoms with Crippen LogP contribution in [0.25, 0.3) is 0 Å². The van der Waals surface area contributed by atoms with Gasteiger partial charge in [-0.15, -0.1) is 0 Å². The van der Waals surface area contributed by atoms with Gasteiger partial charge in [0.1, 0.15) is 5.75 Å². The summed E-state index contributed by atoms with van der Waals surface area (Å²) < 4.78 is 5.47. The molecular formula is C17H23NOS. The lowest BCUT2D eigenvalue weighted by atomic mass is 9.93. The Hall–Kier alpha value is -1.32. The minimum Gasteiger partial charge on any atom is -0.496 e. The molecule has 1 atom stereocenters. The molecule has 2 aromatic rings. The van der Waals surface area contributed by atoms with Crippen LogP contribution < -0.4 is 10.1 Å². The summed E-state index contributed by atoms with van der Waals surface area (Å²) in [6.45, 7) is 4.22. The molecule has 1 unspecified atom stereocenters. The van der Waals surface area contributed by atoms with E-state index in [9.17, 15) is 0 Å². The highest BCUT2D eigenvalue weighted by Crippen LogP contribution is 2.23. The fourth-order valence-corrected chi connectivity index (χ4v) is 3.17. The molecule has 0 bridgehead atoms. The zero-order valence-electron chi connectivity index (χ0n) is 12.3. The van der Waals surface area contributed by atoms with E-state index in [0.29, 0.717) is 5.92 Å². The SMILES string of the molecule is CCNCC(Cc1ccsc1)Cc1ccccc1OC. The maximum Gasteiger partial charge on any atom is 0.122 e. The van der Waals surface area contributed by atoms with E-state index >= 15 is 0 Å². The molecule has 2 nitrogen and oxygen atoms in total. The fourth-order valence-electron chi connectivity index (χ4n) is 2.49. The summed E-state index contributed by atoms with van der Waals surface area (Å²) >= 11 is 1.77. The molecule has 1 aromatic carbocycles. The monoisotopic (exact) mass is 289 g/mol. The molecule has 0 radical (unpaired) electrons. The standard InChI is InChI=1S/C17H23NOS/c1-3-18-12-15(10-14-8-9-20-13-14)11-16-6-4-5-7-17(16)19-2/h4-9,13,15,18H,3,10-12H2,1-2H3. The van der Waals surface area contributed by atoms with Crippen molar-refractivity contribution < 1.29 is 4.74 Å². The first-order chi connectivity index (χ1) is 9.83. The molecule has 0 fully saturated rings. The maximum absolute atomic E-state index is 5.47. The van der Waals surface area contributed by atoms with Crippen molar-refractivity contribution in [2.75, 3.05) is 20.2 Å². The zero-order valence-corrected chi connectivity index (χ0v) is 13.1. The number of hydrogen-bond acceptors (Lipinski definition) is 3. The van der Waals surface area contributed by atoms with E-state index in [-0.39, 0.29) is 0 Å². The predicted octanol–water partition coefficient (Wildman–Crippen LogP) is 3.77. The van der Waals surface area contributed by atoms with E-state index in [1.807, 2.05) is 12.1 Å². The Morgan fingerprint density at radius 1 is 1.20 bits per heavy atom. The van der Waals surface area contributed by atoms with Gasteiger partial charge in [0.05, 0.1) is 7.11 Å². The largest absolute Gasteiger partial charge is 0.496 e. The number of benzene rings is 1. The van der Waals surface area contributed by atoms with Crippen molar-refractivity contribution in [3.8, 4) is 5.75 Å². The van der Waals surface area contributed by atoms with Crippen LogP contribution in [0.1, 0.15) is 18.1 Å². The van der Waals surface area contributed by atoms with Crippen molar-refractivity contribution in [2.45, 2.75) is 19.8 Å². The van der Waals surface area contributed by atoms with E-state index in [1.165, 1.54) is 11.1 Å². The van der Waals surface area contributed by atoms with Crippen LogP contribution >= 0.6 is 11.3 Å². The molecule has 0 amide bonds. The van der Waals surface area contributed by atoms with Crippen LogP contribution in [-0.4, -0.2) is 20.2 Å². The summed E-state index contributed by atoms with van der Waals surface area (Å²) in [5.41, 5.74) is 2.74. The lowest BCUT2D eigenvalue weighted by Gasteiger charge is -2.18. The predicted molar refractivity (Wildman–Crippen MR) is 86.8 cm³/mol. The molecule has 0 aliphatic carbocycles. The highest BCUT2D eigenvalue weighted by Gasteiger charge is 2.13. The molecule has 2 rings (SSSR count). The van der Waals surface area contributed by atoms with E-state index in [1.54, 1.807) is 18.4 Å². The van der Waals surface area contributed by atoms with Gasteiger partial charge in [-0.1, -0.05) is 25.1 Å². The summed E-state index contributed by atoms with van der Waals surface area (Å²) in [5, 5.41) is 7.89. The van der Waals surface area contributed by atoms with Crippen LogP contribution in [0.3, 0.4) is 0 Å². The molecule has 1 heterocycles. The molecule has 0 saturated heterocycles. The first-order valence-corrected chi connectivity index (χ1v) is 8.11. The number of para-hydroxylation sites is 1. The van der Waals surface area contributed by atoms with Gasteiger partial charge in [0.15, 0.2) is 0 Å². The van der Waals surface area contributed by atoms with Crippen molar-refractivity contribution in [2.24, 2.45) is 5.92 Å². The van der Waals surface area contributed by atoms with Gasteiger partial charge in [-0.25, -0.2) is 0 Å². The molecular weight excluding hydrogens is 266 g/mol. The van der Waals surface area contributed by atoms with E-state index < -0.39 is 0 Å². The second kappa shape index (κ2) is 8.08. The molecule has 1 N–H and O–H groups in total. The van der Waals surface area contributed by atoms with Gasteiger partial charge in [-0.05, 0) is 65.9 Å². The lowest BCUT2D eigenvalue weighted by Crippen LogP contribution is -2.25. The molecule has 3 heteroatoms. The Morgan fingerprint density at radius 3 is 2.75 bits per heavy atom. The van der Waals surface area contributed by atoms with Crippen molar-refractivity contribution in [1.82, 2.24) is 5.32 Å². The Morgan fingerprint density at radius 2 is 2.05 bits per heavy atom. The summed E-state index contributed by atoms with van der Waals surface area (Å²) in [4.78, 5) is 0. The lowest BCUT2D eigenvalue weighted by molar-refractivity contribution is 0.401. The Kier molecular flexibility index (Phi) is 6.09.